The minimum Gasteiger partial charge on any atom is -0.507 e. The predicted molar refractivity (Wildman–Crippen MR) is 107 cm³/mol. The molecule has 152 valence electrons. The van der Waals surface area contributed by atoms with Crippen LogP contribution in [0.4, 0.5) is 16.0 Å². The van der Waals surface area contributed by atoms with E-state index in [0.29, 0.717) is 39.5 Å². The Labute approximate surface area is 169 Å². The Morgan fingerprint density at radius 1 is 1.27 bits per heavy atom. The first-order chi connectivity index (χ1) is 14.5. The number of rotatable bonds is 6. The number of hydrogen-bond donors (Lipinski definition) is 4. The molecule has 9 nitrogen and oxygen atoms in total. The van der Waals surface area contributed by atoms with Crippen molar-refractivity contribution in [2.45, 2.75) is 5.92 Å². The van der Waals surface area contributed by atoms with Crippen LogP contribution in [0.25, 0.3) is 10.9 Å². The Bertz CT molecular complexity index is 1240. The number of hydrogen-bond acceptors (Lipinski definition) is 7. The highest BCUT2D eigenvalue weighted by molar-refractivity contribution is 5.96. The van der Waals surface area contributed by atoms with Gasteiger partial charge >= 0.3 is 0 Å². The Morgan fingerprint density at radius 2 is 2.10 bits per heavy atom. The normalized spacial score (nSPS) is 11.9. The van der Waals surface area contributed by atoms with Crippen LogP contribution < -0.4 is 15.8 Å². The number of nitrogens with zero attached hydrogens (tertiary/aromatic N) is 3. The van der Waals surface area contributed by atoms with Crippen LogP contribution in [0.2, 0.25) is 0 Å². The fourth-order valence-electron chi connectivity index (χ4n) is 3.21. The van der Waals surface area contributed by atoms with E-state index in [2.05, 4.69) is 25.5 Å². The number of carbonyl (C=O) groups excluding carboxylic acids is 1. The average Bonchev–Trinajstić information content (AvgIpc) is 3.15. The van der Waals surface area contributed by atoms with E-state index in [1.165, 1.54) is 37.7 Å². The maximum absolute atomic E-state index is 13.6. The van der Waals surface area contributed by atoms with Gasteiger partial charge in [0.1, 0.15) is 35.4 Å². The maximum Gasteiger partial charge on any atom is 0.231 e. The number of amides is 1. The van der Waals surface area contributed by atoms with E-state index < -0.39 is 17.6 Å². The molecule has 30 heavy (non-hydrogen) atoms. The van der Waals surface area contributed by atoms with Gasteiger partial charge in [0.25, 0.3) is 0 Å². The highest BCUT2D eigenvalue weighted by atomic mass is 19.1. The zero-order valence-electron chi connectivity index (χ0n) is 15.8. The molecule has 1 amide bonds. The number of phenols is 1. The summed E-state index contributed by atoms with van der Waals surface area (Å²) in [5.41, 5.74) is 6.78. The lowest BCUT2D eigenvalue weighted by Gasteiger charge is -2.11. The molecule has 0 aliphatic heterocycles. The number of primary amides is 1. The molecule has 2 aromatic heterocycles. The molecule has 4 rings (SSSR count). The highest BCUT2D eigenvalue weighted by Gasteiger charge is 2.23. The number of nitrogens with two attached hydrogens (primary N) is 1. The van der Waals surface area contributed by atoms with E-state index >= 15 is 0 Å². The van der Waals surface area contributed by atoms with Crippen LogP contribution in [-0.2, 0) is 4.79 Å². The molecule has 1 atom stereocenters. The minimum absolute atomic E-state index is 0.0713. The van der Waals surface area contributed by atoms with Crippen LogP contribution in [0.1, 0.15) is 17.2 Å². The molecule has 0 aliphatic rings. The number of halogens is 1. The third kappa shape index (κ3) is 3.58. The van der Waals surface area contributed by atoms with E-state index in [1.54, 1.807) is 18.2 Å². The smallest absolute Gasteiger partial charge is 0.231 e. The first-order valence-corrected chi connectivity index (χ1v) is 8.85. The quantitative estimate of drug-likeness (QED) is 0.384. The Hall–Kier alpha value is -4.21. The lowest BCUT2D eigenvalue weighted by atomic mass is 9.95. The van der Waals surface area contributed by atoms with Gasteiger partial charge in [0.2, 0.25) is 5.91 Å². The summed E-state index contributed by atoms with van der Waals surface area (Å²) in [5.74, 6) is -1.04. The van der Waals surface area contributed by atoms with Gasteiger partial charge in [-0.3, -0.25) is 9.89 Å². The van der Waals surface area contributed by atoms with Crippen LogP contribution in [0, 0.1) is 5.82 Å². The lowest BCUT2D eigenvalue weighted by molar-refractivity contribution is -0.118. The van der Waals surface area contributed by atoms with Crippen molar-refractivity contribution in [2.24, 2.45) is 5.73 Å². The number of H-pyrrole nitrogens is 1. The largest absolute Gasteiger partial charge is 0.507 e. The number of methoxy groups -OCH3 is 1. The van der Waals surface area contributed by atoms with Gasteiger partial charge < -0.3 is 20.9 Å². The van der Waals surface area contributed by atoms with Gasteiger partial charge in [0.15, 0.2) is 5.82 Å². The number of ether oxygens (including phenoxy) is 1. The monoisotopic (exact) mass is 408 g/mol. The third-order valence-electron chi connectivity index (χ3n) is 4.55. The second-order valence-electron chi connectivity index (χ2n) is 6.49. The molecule has 1 unspecified atom stereocenters. The zero-order chi connectivity index (χ0) is 21.3. The second kappa shape index (κ2) is 7.66. The number of fused-ring (bicyclic) bond motifs is 1. The van der Waals surface area contributed by atoms with Gasteiger partial charge in [-0.05, 0) is 17.7 Å². The first-order valence-electron chi connectivity index (χ1n) is 8.85. The predicted octanol–water partition coefficient (Wildman–Crippen LogP) is 2.57. The summed E-state index contributed by atoms with van der Waals surface area (Å²) in [6.45, 7) is 0. The number of benzene rings is 2. The van der Waals surface area contributed by atoms with Crippen molar-refractivity contribution >= 4 is 28.4 Å². The number of aromatic amines is 1. The molecule has 0 bridgehead atoms. The molecule has 2 aromatic carbocycles. The zero-order valence-corrected chi connectivity index (χ0v) is 15.8. The summed E-state index contributed by atoms with van der Waals surface area (Å²) in [6, 6.07) is 10.3. The molecule has 0 saturated heterocycles. The van der Waals surface area contributed by atoms with Crippen molar-refractivity contribution in [3.8, 4) is 11.5 Å². The van der Waals surface area contributed by atoms with Crippen LogP contribution in [0.3, 0.4) is 0 Å². The fraction of sp³-hybridized carbons (Fsp3) is 0.100. The van der Waals surface area contributed by atoms with Gasteiger partial charge in [0, 0.05) is 18.2 Å². The van der Waals surface area contributed by atoms with Gasteiger partial charge in [-0.15, -0.1) is 0 Å². The molecule has 4 aromatic rings. The average molecular weight is 408 g/mol. The van der Waals surface area contributed by atoms with E-state index in [0.717, 1.165) is 0 Å². The SMILES string of the molecule is COc1cc(O)c2c(Nc3cc(C(C(N)=O)c4cccc(F)c4)[nH]n3)ncnc2c1. The van der Waals surface area contributed by atoms with E-state index in [4.69, 9.17) is 10.5 Å². The van der Waals surface area contributed by atoms with Gasteiger partial charge in [-0.1, -0.05) is 12.1 Å². The summed E-state index contributed by atoms with van der Waals surface area (Å²) in [6.07, 6.45) is 1.33. The Kier molecular flexibility index (Phi) is 4.88. The molecule has 0 aliphatic carbocycles. The van der Waals surface area contributed by atoms with E-state index in [1.807, 2.05) is 0 Å². The third-order valence-corrected chi connectivity index (χ3v) is 4.55. The fourth-order valence-corrected chi connectivity index (χ4v) is 3.21. The van der Waals surface area contributed by atoms with Crippen molar-refractivity contribution in [1.29, 1.82) is 0 Å². The van der Waals surface area contributed by atoms with Gasteiger partial charge in [-0.25, -0.2) is 14.4 Å². The molecule has 0 fully saturated rings. The summed E-state index contributed by atoms with van der Waals surface area (Å²) >= 11 is 0. The number of carbonyl (C=O) groups is 1. The van der Waals surface area contributed by atoms with Crippen LogP contribution in [-0.4, -0.2) is 38.3 Å². The summed E-state index contributed by atoms with van der Waals surface area (Å²) in [5, 5.41) is 20.6. The van der Waals surface area contributed by atoms with E-state index in [-0.39, 0.29) is 5.75 Å². The molecular formula is C20H17FN6O3. The van der Waals surface area contributed by atoms with E-state index in [9.17, 15) is 14.3 Å². The van der Waals surface area contributed by atoms with Crippen LogP contribution in [0.5, 0.6) is 11.5 Å². The molecule has 10 heteroatoms. The number of anilines is 2. The Balaban J connectivity index is 1.69. The van der Waals surface area contributed by atoms with Crippen LogP contribution in [0.15, 0.2) is 48.8 Å². The van der Waals surface area contributed by atoms with Crippen LogP contribution >= 0.6 is 0 Å². The van der Waals surface area contributed by atoms with Crippen molar-refractivity contribution in [3.05, 3.63) is 65.9 Å². The van der Waals surface area contributed by atoms with Crippen molar-refractivity contribution in [2.75, 3.05) is 12.4 Å². The first kappa shape index (κ1) is 19.1. The summed E-state index contributed by atoms with van der Waals surface area (Å²) in [7, 11) is 1.49. The van der Waals surface area contributed by atoms with Crippen molar-refractivity contribution in [1.82, 2.24) is 20.2 Å². The topological polar surface area (TPSA) is 139 Å². The standard InChI is InChI=1S/C20H17FN6O3/c1-30-12-6-13-18(15(28)7-12)20(24-9-23-13)25-16-8-14(26-27-16)17(19(22)29)10-3-2-4-11(21)5-10/h2-9,17,28H,1H3,(H2,22,29)(H2,23,24,25,26,27). The van der Waals surface area contributed by atoms with Crippen molar-refractivity contribution < 1.29 is 19.0 Å². The molecule has 2 heterocycles. The maximum atomic E-state index is 13.6. The van der Waals surface area contributed by atoms with Gasteiger partial charge in [-0.2, -0.15) is 5.10 Å². The molecular weight excluding hydrogens is 391 g/mol. The molecule has 0 saturated carbocycles. The summed E-state index contributed by atoms with van der Waals surface area (Å²) < 4.78 is 18.7. The number of phenolic OH excluding ortho intramolecular Hbond substituents is 1. The Morgan fingerprint density at radius 3 is 2.83 bits per heavy atom. The molecule has 5 N–H and O–H groups in total. The molecule has 0 spiro atoms. The number of aromatic nitrogens is 4. The second-order valence-corrected chi connectivity index (χ2v) is 6.49. The molecule has 0 radical (unpaired) electrons. The minimum atomic E-state index is -0.913. The van der Waals surface area contributed by atoms with Crippen molar-refractivity contribution in [3.63, 3.8) is 0 Å². The number of nitrogens with one attached hydrogen (secondary N) is 2. The number of aromatic hydroxyl groups is 1. The lowest BCUT2D eigenvalue weighted by Crippen LogP contribution is -2.22. The summed E-state index contributed by atoms with van der Waals surface area (Å²) in [4.78, 5) is 20.3. The van der Waals surface area contributed by atoms with Gasteiger partial charge in [0.05, 0.1) is 23.7 Å². The highest BCUT2D eigenvalue weighted by Crippen LogP contribution is 2.34.